The summed E-state index contributed by atoms with van der Waals surface area (Å²) in [6.07, 6.45) is 3.41. The Morgan fingerprint density at radius 1 is 0.900 bits per heavy atom. The summed E-state index contributed by atoms with van der Waals surface area (Å²) in [7, 11) is 1.60. The molecule has 3 aromatic carbocycles. The standard InChI is InChI=1S/C40H50N4O6/c1-4-18-44(19-5-2)38(47)32-22-31(37(41)46)23-40(24-32,39(42)48)35(36(45)26-43-25-30-12-9-13-34(20-30)49-3)21-28-14-16-33(17-15-28)50-27-29-10-7-6-8-11-29/h6-17,20,22-23,35-36,43,45H,4-5,18-19,21,24-27H2,1-3H3,(H2,41,46)(H2,42,48)/t35-,36+,40?/m1/s1. The number of nitrogens with two attached hydrogens (primary N) is 2. The molecule has 3 aromatic rings. The van der Waals surface area contributed by atoms with Gasteiger partial charge in [-0.1, -0.05) is 74.5 Å². The number of aliphatic hydroxyl groups is 1. The van der Waals surface area contributed by atoms with Crippen molar-refractivity contribution in [2.45, 2.75) is 58.8 Å². The Kier molecular flexibility index (Phi) is 13.8. The molecule has 4 rings (SSSR count). The van der Waals surface area contributed by atoms with Crippen LogP contribution in [-0.2, 0) is 34.0 Å². The SMILES string of the molecule is CCCN(CCC)C(=O)C1=CC(C(N)=O)=CC(C(N)=O)([C@H](Cc2ccc(OCc3ccccc3)cc2)[C@@H](O)CNCc2cccc(OC)c2)C1. The van der Waals surface area contributed by atoms with Crippen molar-refractivity contribution in [3.63, 3.8) is 0 Å². The molecule has 266 valence electrons. The number of rotatable bonds is 19. The van der Waals surface area contributed by atoms with Crippen molar-refractivity contribution in [2.24, 2.45) is 22.8 Å². The van der Waals surface area contributed by atoms with Gasteiger partial charge in [0, 0.05) is 43.2 Å². The van der Waals surface area contributed by atoms with Crippen LogP contribution in [0.25, 0.3) is 0 Å². The molecular weight excluding hydrogens is 632 g/mol. The van der Waals surface area contributed by atoms with Crippen LogP contribution in [0.1, 0.15) is 49.8 Å². The zero-order valence-electron chi connectivity index (χ0n) is 29.3. The van der Waals surface area contributed by atoms with Gasteiger partial charge in [-0.25, -0.2) is 0 Å². The first-order valence-corrected chi connectivity index (χ1v) is 17.2. The van der Waals surface area contributed by atoms with E-state index in [0.717, 1.165) is 29.5 Å². The molecule has 3 atom stereocenters. The third kappa shape index (κ3) is 9.83. The number of carbonyl (C=O) groups is 3. The van der Waals surface area contributed by atoms with Crippen LogP contribution in [0.5, 0.6) is 11.5 Å². The highest BCUT2D eigenvalue weighted by molar-refractivity contribution is 6.03. The van der Waals surface area contributed by atoms with Crippen LogP contribution in [0, 0.1) is 11.3 Å². The summed E-state index contributed by atoms with van der Waals surface area (Å²) >= 11 is 0. The molecule has 0 saturated heterocycles. The van der Waals surface area contributed by atoms with Crippen LogP contribution in [0.2, 0.25) is 0 Å². The summed E-state index contributed by atoms with van der Waals surface area (Å²) < 4.78 is 11.3. The summed E-state index contributed by atoms with van der Waals surface area (Å²) in [5.41, 5.74) is 13.5. The van der Waals surface area contributed by atoms with E-state index in [2.05, 4.69) is 5.32 Å². The summed E-state index contributed by atoms with van der Waals surface area (Å²) in [6, 6.07) is 24.8. The number of primary amides is 2. The molecule has 0 aliphatic heterocycles. The number of benzene rings is 3. The van der Waals surface area contributed by atoms with Crippen LogP contribution >= 0.6 is 0 Å². The number of nitrogens with one attached hydrogen (secondary N) is 1. The molecule has 0 aromatic heterocycles. The predicted octanol–water partition coefficient (Wildman–Crippen LogP) is 4.45. The van der Waals surface area contributed by atoms with Crippen LogP contribution in [0.3, 0.4) is 0 Å². The molecule has 6 N–H and O–H groups in total. The van der Waals surface area contributed by atoms with Crippen molar-refractivity contribution < 1.29 is 29.0 Å². The summed E-state index contributed by atoms with van der Waals surface area (Å²) in [5.74, 6) is -1.30. The topological polar surface area (TPSA) is 157 Å². The quantitative estimate of drug-likeness (QED) is 0.146. The van der Waals surface area contributed by atoms with Gasteiger partial charge in [0.1, 0.15) is 18.1 Å². The molecule has 1 aliphatic rings. The number of nitrogens with zero attached hydrogens (tertiary/aromatic N) is 1. The fourth-order valence-electron chi connectivity index (χ4n) is 6.51. The highest BCUT2D eigenvalue weighted by atomic mass is 16.5. The Balaban J connectivity index is 1.67. The molecule has 0 radical (unpaired) electrons. The molecule has 0 bridgehead atoms. The lowest BCUT2D eigenvalue weighted by molar-refractivity contribution is -0.132. The number of hydrogen-bond donors (Lipinski definition) is 4. The summed E-state index contributed by atoms with van der Waals surface area (Å²) in [6.45, 7) is 5.92. The minimum absolute atomic E-state index is 0.0116. The number of methoxy groups -OCH3 is 1. The number of amides is 3. The molecule has 10 heteroatoms. The van der Waals surface area contributed by atoms with Crippen molar-refractivity contribution in [3.05, 3.63) is 119 Å². The first-order valence-electron chi connectivity index (χ1n) is 17.2. The Hall–Kier alpha value is -4.93. The molecule has 10 nitrogen and oxygen atoms in total. The zero-order chi connectivity index (χ0) is 36.1. The summed E-state index contributed by atoms with van der Waals surface area (Å²) in [4.78, 5) is 42.1. The maximum Gasteiger partial charge on any atom is 0.249 e. The van der Waals surface area contributed by atoms with Crippen molar-refractivity contribution >= 4 is 17.7 Å². The lowest BCUT2D eigenvalue weighted by Gasteiger charge is -2.42. The van der Waals surface area contributed by atoms with Gasteiger partial charge in [-0.15, -0.1) is 0 Å². The third-order valence-corrected chi connectivity index (χ3v) is 9.09. The third-order valence-electron chi connectivity index (χ3n) is 9.09. The molecule has 0 saturated carbocycles. The predicted molar refractivity (Wildman–Crippen MR) is 194 cm³/mol. The highest BCUT2D eigenvalue weighted by Gasteiger charge is 2.49. The monoisotopic (exact) mass is 682 g/mol. The van der Waals surface area contributed by atoms with Gasteiger partial charge in [0.2, 0.25) is 17.7 Å². The van der Waals surface area contributed by atoms with Crippen LogP contribution < -0.4 is 26.3 Å². The molecule has 0 fully saturated rings. The average Bonchev–Trinajstić information content (AvgIpc) is 3.13. The van der Waals surface area contributed by atoms with Gasteiger partial charge in [-0.3, -0.25) is 14.4 Å². The number of hydrogen-bond acceptors (Lipinski definition) is 7. The van der Waals surface area contributed by atoms with Gasteiger partial charge in [0.15, 0.2) is 0 Å². The van der Waals surface area contributed by atoms with Crippen molar-refractivity contribution in [3.8, 4) is 11.5 Å². The van der Waals surface area contributed by atoms with E-state index in [-0.39, 0.29) is 36.4 Å². The maximum atomic E-state index is 13.9. The van der Waals surface area contributed by atoms with E-state index in [1.165, 1.54) is 12.2 Å². The fourth-order valence-corrected chi connectivity index (χ4v) is 6.51. The Labute approximate surface area is 295 Å². The first-order chi connectivity index (χ1) is 24.1. The Bertz CT molecular complexity index is 1650. The van der Waals surface area contributed by atoms with Gasteiger partial charge >= 0.3 is 0 Å². The van der Waals surface area contributed by atoms with E-state index >= 15 is 0 Å². The normalized spacial score (nSPS) is 16.8. The number of carbonyl (C=O) groups excluding carboxylic acids is 3. The average molecular weight is 683 g/mol. The second-order valence-electron chi connectivity index (χ2n) is 12.8. The highest BCUT2D eigenvalue weighted by Crippen LogP contribution is 2.44. The van der Waals surface area contributed by atoms with E-state index in [1.807, 2.05) is 92.7 Å². The van der Waals surface area contributed by atoms with Crippen molar-refractivity contribution in [1.82, 2.24) is 10.2 Å². The van der Waals surface area contributed by atoms with Crippen molar-refractivity contribution in [1.29, 1.82) is 0 Å². The second kappa shape index (κ2) is 18.2. The molecular formula is C40H50N4O6. The molecule has 50 heavy (non-hydrogen) atoms. The minimum Gasteiger partial charge on any atom is -0.497 e. The van der Waals surface area contributed by atoms with Crippen LogP contribution in [0.4, 0.5) is 0 Å². The van der Waals surface area contributed by atoms with E-state index < -0.39 is 29.3 Å². The van der Waals surface area contributed by atoms with E-state index in [4.69, 9.17) is 20.9 Å². The second-order valence-corrected chi connectivity index (χ2v) is 12.8. The van der Waals surface area contributed by atoms with Gasteiger partial charge < -0.3 is 36.3 Å². The van der Waals surface area contributed by atoms with Crippen LogP contribution in [-0.4, -0.2) is 60.6 Å². The largest absolute Gasteiger partial charge is 0.497 e. The molecule has 0 heterocycles. The lowest BCUT2D eigenvalue weighted by Crippen LogP contribution is -2.52. The van der Waals surface area contributed by atoms with E-state index in [9.17, 15) is 19.5 Å². The van der Waals surface area contributed by atoms with Gasteiger partial charge in [0.25, 0.3) is 0 Å². The minimum atomic E-state index is -1.60. The Morgan fingerprint density at radius 3 is 2.20 bits per heavy atom. The van der Waals surface area contributed by atoms with Crippen molar-refractivity contribution in [2.75, 3.05) is 26.7 Å². The van der Waals surface area contributed by atoms with Gasteiger partial charge in [-0.05, 0) is 72.7 Å². The first kappa shape index (κ1) is 37.9. The smallest absolute Gasteiger partial charge is 0.249 e. The maximum absolute atomic E-state index is 13.9. The number of aliphatic hydroxyl groups excluding tert-OH is 1. The van der Waals surface area contributed by atoms with E-state index in [0.29, 0.717) is 37.7 Å². The fraction of sp³-hybridized carbons (Fsp3) is 0.375. The number of ether oxygens (including phenoxy) is 2. The molecule has 1 aliphatic carbocycles. The van der Waals surface area contributed by atoms with Gasteiger partial charge in [0.05, 0.1) is 18.6 Å². The van der Waals surface area contributed by atoms with Gasteiger partial charge in [-0.2, -0.15) is 0 Å². The lowest BCUT2D eigenvalue weighted by atomic mass is 9.63. The molecule has 0 spiro atoms. The van der Waals surface area contributed by atoms with E-state index in [1.54, 1.807) is 12.0 Å². The Morgan fingerprint density at radius 2 is 1.58 bits per heavy atom. The molecule has 3 amide bonds. The summed E-state index contributed by atoms with van der Waals surface area (Å²) in [5, 5.41) is 15.2. The van der Waals surface area contributed by atoms with Crippen LogP contribution in [0.15, 0.2) is 102 Å². The zero-order valence-corrected chi connectivity index (χ0v) is 29.3. The molecule has 1 unspecified atom stereocenters.